The maximum atomic E-state index is 11.8. The van der Waals surface area contributed by atoms with Gasteiger partial charge < -0.3 is 14.5 Å². The molecule has 0 spiro atoms. The summed E-state index contributed by atoms with van der Waals surface area (Å²) in [5.74, 6) is 0.307. The summed E-state index contributed by atoms with van der Waals surface area (Å²) >= 11 is 0. The number of hydrogen-bond acceptors (Lipinski definition) is 7. The largest absolute Gasteiger partial charge is 0.490 e. The minimum absolute atomic E-state index is 0.0794. The number of azide groups is 1. The maximum absolute atomic E-state index is 11.8. The van der Waals surface area contributed by atoms with Gasteiger partial charge in [0.1, 0.15) is 18.1 Å². The Labute approximate surface area is 192 Å². The molecule has 33 heavy (non-hydrogen) atoms. The number of fused-ring (bicyclic) bond motifs is 1. The number of ether oxygens (including phenoxy) is 1. The molecule has 1 amide bonds. The van der Waals surface area contributed by atoms with Gasteiger partial charge in [-0.15, -0.1) is 5.10 Å². The van der Waals surface area contributed by atoms with Crippen LogP contribution in [-0.4, -0.2) is 72.4 Å². The maximum Gasteiger partial charge on any atom is 0.269 e. The molecule has 2 aromatic rings. The van der Waals surface area contributed by atoms with E-state index in [1.807, 2.05) is 6.07 Å². The van der Waals surface area contributed by atoms with Crippen molar-refractivity contribution in [1.82, 2.24) is 15.1 Å². The summed E-state index contributed by atoms with van der Waals surface area (Å²) in [6.45, 7) is 5.44. The average molecular weight is 449 g/mol. The Morgan fingerprint density at radius 1 is 1.06 bits per heavy atom. The predicted octanol–water partition coefficient (Wildman–Crippen LogP) is 3.26. The number of piperazine rings is 1. The second-order valence-corrected chi connectivity index (χ2v) is 8.79. The molecule has 3 aliphatic rings. The van der Waals surface area contributed by atoms with Crippen molar-refractivity contribution in [3.05, 3.63) is 52.7 Å². The van der Waals surface area contributed by atoms with Gasteiger partial charge in [-0.25, -0.2) is 0 Å². The van der Waals surface area contributed by atoms with Crippen LogP contribution in [0.2, 0.25) is 0 Å². The van der Waals surface area contributed by atoms with E-state index >= 15 is 0 Å². The molecule has 0 radical (unpaired) electrons. The molecule has 1 saturated carbocycles. The molecular formula is C23H28N8O2. The lowest BCUT2D eigenvalue weighted by Crippen LogP contribution is -2.53. The van der Waals surface area contributed by atoms with E-state index in [1.165, 1.54) is 31.4 Å². The summed E-state index contributed by atoms with van der Waals surface area (Å²) in [4.78, 5) is 21.7. The molecule has 1 aromatic heterocycles. The highest BCUT2D eigenvalue weighted by Gasteiger charge is 2.32. The number of aromatic nitrogens is 2. The van der Waals surface area contributed by atoms with Gasteiger partial charge in [0.05, 0.1) is 24.1 Å². The number of para-hydroxylation sites is 2. The van der Waals surface area contributed by atoms with Crippen LogP contribution in [0.1, 0.15) is 36.2 Å². The molecule has 10 heteroatoms. The van der Waals surface area contributed by atoms with Gasteiger partial charge >= 0.3 is 0 Å². The third kappa shape index (κ3) is 4.58. The van der Waals surface area contributed by atoms with Crippen molar-refractivity contribution in [2.45, 2.75) is 37.8 Å². The minimum atomic E-state index is -0.704. The van der Waals surface area contributed by atoms with E-state index in [1.54, 1.807) is 12.3 Å². The Morgan fingerprint density at radius 3 is 2.61 bits per heavy atom. The van der Waals surface area contributed by atoms with E-state index in [0.29, 0.717) is 12.1 Å². The van der Waals surface area contributed by atoms with E-state index in [0.717, 1.165) is 50.8 Å². The Kier molecular flexibility index (Phi) is 6.28. The van der Waals surface area contributed by atoms with Gasteiger partial charge in [-0.1, -0.05) is 12.1 Å². The smallest absolute Gasteiger partial charge is 0.269 e. The fraction of sp³-hybridized carbons (Fsp3) is 0.522. The van der Waals surface area contributed by atoms with Crippen LogP contribution < -0.4 is 14.5 Å². The van der Waals surface area contributed by atoms with Crippen LogP contribution in [-0.2, 0) is 0 Å². The molecule has 2 fully saturated rings. The number of nitrogens with zero attached hydrogens (tertiary/aromatic N) is 8. The van der Waals surface area contributed by atoms with Gasteiger partial charge in [0.2, 0.25) is 0 Å². The second kappa shape index (κ2) is 9.64. The first-order chi connectivity index (χ1) is 16.2. The van der Waals surface area contributed by atoms with Crippen molar-refractivity contribution >= 4 is 17.3 Å². The lowest BCUT2D eigenvalue weighted by molar-refractivity contribution is 0.0994. The SMILES string of the molecule is [N-]=[N+]=NC(=O)c1cc(N2CCN([C@H]3CC[C@@H](N4CCOc5ccccc54)CC3)CC2)cnn1. The molecule has 10 nitrogen and oxygen atoms in total. The van der Waals surface area contributed by atoms with Crippen molar-refractivity contribution in [1.29, 1.82) is 0 Å². The summed E-state index contributed by atoms with van der Waals surface area (Å²) < 4.78 is 5.84. The minimum Gasteiger partial charge on any atom is -0.490 e. The highest BCUT2D eigenvalue weighted by atomic mass is 16.5. The zero-order chi connectivity index (χ0) is 22.6. The lowest BCUT2D eigenvalue weighted by Gasteiger charge is -2.45. The van der Waals surface area contributed by atoms with E-state index in [2.05, 4.69) is 53.1 Å². The Bertz CT molecular complexity index is 1040. The van der Waals surface area contributed by atoms with Crippen molar-refractivity contribution in [2.24, 2.45) is 5.11 Å². The zero-order valence-electron chi connectivity index (χ0n) is 18.6. The molecule has 5 rings (SSSR count). The summed E-state index contributed by atoms with van der Waals surface area (Å²) in [5.41, 5.74) is 10.6. The van der Waals surface area contributed by atoms with Crippen LogP contribution in [0.15, 0.2) is 41.6 Å². The van der Waals surface area contributed by atoms with Crippen molar-refractivity contribution < 1.29 is 9.53 Å². The normalized spacial score (nSPS) is 23.3. The topological polar surface area (TPSA) is 111 Å². The number of amides is 1. The van der Waals surface area contributed by atoms with Gasteiger partial charge in [-0.3, -0.25) is 9.69 Å². The van der Waals surface area contributed by atoms with E-state index in [9.17, 15) is 4.79 Å². The van der Waals surface area contributed by atoms with Crippen molar-refractivity contribution in [3.8, 4) is 5.75 Å². The van der Waals surface area contributed by atoms with Gasteiger partial charge in [0, 0.05) is 43.2 Å². The summed E-state index contributed by atoms with van der Waals surface area (Å²) in [7, 11) is 0. The number of anilines is 2. The fourth-order valence-electron chi connectivity index (χ4n) is 5.38. The van der Waals surface area contributed by atoms with Crippen molar-refractivity contribution in [2.75, 3.05) is 49.1 Å². The van der Waals surface area contributed by atoms with Gasteiger partial charge in [0.15, 0.2) is 0 Å². The Hall–Kier alpha value is -3.36. The molecule has 1 aliphatic carbocycles. The Morgan fingerprint density at radius 2 is 1.82 bits per heavy atom. The van der Waals surface area contributed by atoms with E-state index in [4.69, 9.17) is 10.3 Å². The Balaban J connectivity index is 1.15. The molecular weight excluding hydrogens is 420 g/mol. The molecule has 0 atom stereocenters. The summed E-state index contributed by atoms with van der Waals surface area (Å²) in [6, 6.07) is 11.3. The van der Waals surface area contributed by atoms with Crippen LogP contribution in [0, 0.1) is 0 Å². The average Bonchev–Trinajstić information content (AvgIpc) is 2.89. The van der Waals surface area contributed by atoms with Gasteiger partial charge in [-0.2, -0.15) is 5.10 Å². The quantitative estimate of drug-likeness (QED) is 0.401. The monoisotopic (exact) mass is 448 g/mol. The van der Waals surface area contributed by atoms with Gasteiger partial charge in [0.25, 0.3) is 5.91 Å². The summed E-state index contributed by atoms with van der Waals surface area (Å²) in [5, 5.41) is 10.8. The van der Waals surface area contributed by atoms with Crippen LogP contribution >= 0.6 is 0 Å². The number of carbonyl (C=O) groups excluding carboxylic acids is 1. The van der Waals surface area contributed by atoms with Crippen LogP contribution in [0.25, 0.3) is 10.4 Å². The molecule has 172 valence electrons. The molecule has 1 aromatic carbocycles. The first-order valence-electron chi connectivity index (χ1n) is 11.6. The molecule has 2 aliphatic heterocycles. The van der Waals surface area contributed by atoms with Crippen molar-refractivity contribution in [3.63, 3.8) is 0 Å². The third-order valence-corrected chi connectivity index (χ3v) is 7.06. The molecule has 0 N–H and O–H groups in total. The number of hydrogen-bond donors (Lipinski definition) is 0. The van der Waals surface area contributed by atoms with E-state index in [-0.39, 0.29) is 5.69 Å². The van der Waals surface area contributed by atoms with Crippen LogP contribution in [0.5, 0.6) is 5.75 Å². The first-order valence-corrected chi connectivity index (χ1v) is 11.6. The predicted molar refractivity (Wildman–Crippen MR) is 125 cm³/mol. The molecule has 1 saturated heterocycles. The number of rotatable bonds is 4. The third-order valence-electron chi connectivity index (χ3n) is 7.06. The first kappa shape index (κ1) is 21.5. The molecule has 0 unspecified atom stereocenters. The molecule has 0 bridgehead atoms. The second-order valence-electron chi connectivity index (χ2n) is 8.79. The fourth-order valence-corrected chi connectivity index (χ4v) is 5.38. The van der Waals surface area contributed by atoms with Crippen LogP contribution in [0.3, 0.4) is 0 Å². The van der Waals surface area contributed by atoms with Gasteiger partial charge in [-0.05, 0) is 54.5 Å². The number of benzene rings is 1. The summed E-state index contributed by atoms with van der Waals surface area (Å²) in [6.07, 6.45) is 6.50. The number of carbonyl (C=O) groups is 1. The zero-order valence-corrected chi connectivity index (χ0v) is 18.6. The highest BCUT2D eigenvalue weighted by Crippen LogP contribution is 2.37. The standard InChI is InChI=1S/C23H28N8O2/c24-28-27-23(32)20-15-19(16-25-26-20)30-11-9-29(10-12-30)17-5-7-18(8-6-17)31-13-14-33-22-4-2-1-3-21(22)31/h1-4,15-18H,5-14H2/t17-,18+. The van der Waals surface area contributed by atoms with E-state index < -0.39 is 5.91 Å². The molecule has 3 heterocycles. The van der Waals surface area contributed by atoms with Crippen LogP contribution in [0.4, 0.5) is 11.4 Å². The highest BCUT2D eigenvalue weighted by molar-refractivity contribution is 5.93. The lowest BCUT2D eigenvalue weighted by atomic mass is 9.88.